The fourth-order valence-corrected chi connectivity index (χ4v) is 8.08. The van der Waals surface area contributed by atoms with Crippen LogP contribution in [0.1, 0.15) is 66.7 Å². The quantitative estimate of drug-likeness (QED) is 0.334. The third kappa shape index (κ3) is 6.11. The topological polar surface area (TPSA) is 141 Å². The monoisotopic (exact) mass is 631 g/mol. The summed E-state index contributed by atoms with van der Waals surface area (Å²) in [6, 6.07) is 0. The van der Waals surface area contributed by atoms with Crippen molar-refractivity contribution in [3.05, 3.63) is 43.7 Å². The summed E-state index contributed by atoms with van der Waals surface area (Å²) in [6.45, 7) is 24.3. The minimum Gasteiger partial charge on any atom is -0.414 e. The highest BCUT2D eigenvalue weighted by molar-refractivity contribution is 7.90. The highest BCUT2D eigenvalue weighted by atomic mass is 32.2. The summed E-state index contributed by atoms with van der Waals surface area (Å²) in [5, 5.41) is 0.474. The number of aryl methyl sites for hydroxylation is 1. The van der Waals surface area contributed by atoms with Crippen LogP contribution in [0.4, 0.5) is 0 Å². The Kier molecular flexibility index (Phi) is 8.99. The number of nitrogens with two attached hydrogens (primary N) is 1. The normalized spacial score (nSPS) is 27.0. The van der Waals surface area contributed by atoms with Crippen LogP contribution in [0, 0.1) is 6.92 Å². The minimum atomic E-state index is -4.19. The first-order chi connectivity index (χ1) is 18.4. The maximum Gasteiger partial charge on any atom is 0.333 e. The minimum absolute atomic E-state index is 0.0310. The predicted molar refractivity (Wildman–Crippen MR) is 164 cm³/mol. The fraction of sp³-hybridized carbons (Fsp3) is 0.778. The van der Waals surface area contributed by atoms with Crippen molar-refractivity contribution in [2.24, 2.45) is 5.73 Å². The van der Waals surface area contributed by atoms with Gasteiger partial charge in [-0.15, -0.1) is 0 Å². The zero-order valence-electron chi connectivity index (χ0n) is 26.7. The van der Waals surface area contributed by atoms with E-state index in [0.717, 1.165) is 5.41 Å². The Morgan fingerprint density at radius 1 is 1.05 bits per heavy atom. The van der Waals surface area contributed by atoms with Gasteiger partial charge >= 0.3 is 5.69 Å². The number of hydrogen-bond donors (Lipinski definition) is 1. The second-order valence-electron chi connectivity index (χ2n) is 14.3. The molecule has 1 aromatic rings. The molecule has 234 valence electrons. The third-order valence-electron chi connectivity index (χ3n) is 9.16. The van der Waals surface area contributed by atoms with Crippen molar-refractivity contribution in [2.45, 2.75) is 129 Å². The van der Waals surface area contributed by atoms with E-state index in [2.05, 4.69) is 54.6 Å². The molecule has 1 saturated heterocycles. The molecule has 14 heteroatoms. The Morgan fingerprint density at radius 2 is 1.61 bits per heavy atom. The van der Waals surface area contributed by atoms with E-state index in [1.165, 1.54) is 15.3 Å². The first-order valence-corrected chi connectivity index (χ1v) is 21.4. The van der Waals surface area contributed by atoms with Crippen LogP contribution in [-0.2, 0) is 34.4 Å². The van der Waals surface area contributed by atoms with Gasteiger partial charge in [0.25, 0.3) is 15.7 Å². The van der Waals surface area contributed by atoms with E-state index >= 15 is 0 Å². The van der Waals surface area contributed by atoms with Gasteiger partial charge in [-0.05, 0) is 49.6 Å². The fourth-order valence-electron chi connectivity index (χ4n) is 4.58. The van der Waals surface area contributed by atoms with Gasteiger partial charge in [0.1, 0.15) is 12.2 Å². The SMILES string of the molecule is CCCn1c(=O)c(C)cn([C@@H]2O[C@H](CO[Si](C)(C)C(C)(C)C)[C@@]3(OS(=O)(=O)C=C3N)[C@H]2O[Si](C)(C)C(C)(C)C)c1=O. The smallest absolute Gasteiger partial charge is 0.333 e. The maximum atomic E-state index is 13.8. The Labute approximate surface area is 246 Å². The zero-order chi connectivity index (χ0) is 31.6. The Bertz CT molecular complexity index is 1420. The molecule has 0 aromatic carbocycles. The molecular weight excluding hydrogens is 583 g/mol. The van der Waals surface area contributed by atoms with Gasteiger partial charge in [0.15, 0.2) is 28.5 Å². The van der Waals surface area contributed by atoms with E-state index in [-0.39, 0.29) is 34.5 Å². The molecule has 2 aliphatic heterocycles. The molecule has 3 heterocycles. The van der Waals surface area contributed by atoms with Gasteiger partial charge in [0.2, 0.25) is 0 Å². The highest BCUT2D eigenvalue weighted by Crippen LogP contribution is 2.52. The molecule has 11 nitrogen and oxygen atoms in total. The molecule has 0 amide bonds. The number of rotatable bonds is 8. The molecule has 1 aromatic heterocycles. The van der Waals surface area contributed by atoms with Gasteiger partial charge in [-0.3, -0.25) is 13.9 Å². The molecular formula is C27H49N3O8SSi2. The van der Waals surface area contributed by atoms with Crippen molar-refractivity contribution >= 4 is 26.8 Å². The van der Waals surface area contributed by atoms with Crippen molar-refractivity contribution < 1.29 is 26.2 Å². The van der Waals surface area contributed by atoms with Crippen LogP contribution in [-0.4, -0.2) is 58.6 Å². The summed E-state index contributed by atoms with van der Waals surface area (Å²) in [6.07, 6.45) is -1.29. The summed E-state index contributed by atoms with van der Waals surface area (Å²) in [7, 11) is -9.19. The summed E-state index contributed by atoms with van der Waals surface area (Å²) in [5.41, 5.74) is 4.04. The highest BCUT2D eigenvalue weighted by Gasteiger charge is 2.67. The van der Waals surface area contributed by atoms with Crippen molar-refractivity contribution in [3.8, 4) is 0 Å². The lowest BCUT2D eigenvalue weighted by atomic mass is 9.89. The van der Waals surface area contributed by atoms with Crippen molar-refractivity contribution in [3.63, 3.8) is 0 Å². The van der Waals surface area contributed by atoms with Gasteiger partial charge in [0.05, 0.1) is 17.7 Å². The third-order valence-corrected chi connectivity index (χ3v) is 19.2. The van der Waals surface area contributed by atoms with Gasteiger partial charge in [-0.25, -0.2) is 8.98 Å². The van der Waals surface area contributed by atoms with Gasteiger partial charge in [-0.1, -0.05) is 48.5 Å². The van der Waals surface area contributed by atoms with Crippen LogP contribution in [0.5, 0.6) is 0 Å². The zero-order valence-corrected chi connectivity index (χ0v) is 29.5. The molecule has 0 aliphatic carbocycles. The van der Waals surface area contributed by atoms with Crippen LogP contribution in [0.2, 0.25) is 36.3 Å². The average Bonchev–Trinajstić information content (AvgIpc) is 3.22. The summed E-state index contributed by atoms with van der Waals surface area (Å²) < 4.78 is 54.2. The molecule has 41 heavy (non-hydrogen) atoms. The van der Waals surface area contributed by atoms with E-state index < -0.39 is 56.5 Å². The largest absolute Gasteiger partial charge is 0.414 e. The van der Waals surface area contributed by atoms with Crippen LogP contribution in [0.15, 0.2) is 26.9 Å². The lowest BCUT2D eigenvalue weighted by molar-refractivity contribution is -0.0567. The summed E-state index contributed by atoms with van der Waals surface area (Å²) >= 11 is 0. The van der Waals surface area contributed by atoms with E-state index in [9.17, 15) is 18.0 Å². The molecule has 0 radical (unpaired) electrons. The first-order valence-electron chi connectivity index (χ1n) is 14.1. The molecule has 0 unspecified atom stereocenters. The van der Waals surface area contributed by atoms with Crippen molar-refractivity contribution in [2.75, 3.05) is 6.61 Å². The second-order valence-corrected chi connectivity index (χ2v) is 25.2. The number of hydrogen-bond acceptors (Lipinski definition) is 9. The lowest BCUT2D eigenvalue weighted by Gasteiger charge is -2.43. The van der Waals surface area contributed by atoms with E-state index in [1.54, 1.807) is 6.92 Å². The van der Waals surface area contributed by atoms with Gasteiger partial charge in [-0.2, -0.15) is 8.42 Å². The number of aromatic nitrogens is 2. The summed E-state index contributed by atoms with van der Waals surface area (Å²) in [5.74, 6) is 0. The second kappa shape index (κ2) is 10.9. The predicted octanol–water partition coefficient (Wildman–Crippen LogP) is 3.94. The maximum absolute atomic E-state index is 13.8. The molecule has 4 atom stereocenters. The van der Waals surface area contributed by atoms with Crippen LogP contribution < -0.4 is 17.0 Å². The number of ether oxygens (including phenoxy) is 1. The Morgan fingerprint density at radius 3 is 2.07 bits per heavy atom. The molecule has 0 bridgehead atoms. The molecule has 3 rings (SSSR count). The summed E-state index contributed by atoms with van der Waals surface area (Å²) in [4.78, 5) is 26.6. The Hall–Kier alpha value is -1.56. The number of nitrogens with zero attached hydrogens (tertiary/aromatic N) is 2. The van der Waals surface area contributed by atoms with Crippen molar-refractivity contribution in [1.29, 1.82) is 0 Å². The molecule has 0 saturated carbocycles. The van der Waals surface area contributed by atoms with Crippen molar-refractivity contribution in [1.82, 2.24) is 9.13 Å². The van der Waals surface area contributed by atoms with Gasteiger partial charge < -0.3 is 19.3 Å². The Balaban J connectivity index is 2.30. The molecule has 2 N–H and O–H groups in total. The standard InChI is InChI=1S/C27H49N3O8SSi2/c1-13-14-29-22(31)18(2)15-30(24(29)32)23-21(37-41(11,12)26(6,7)8)27(19(28)17-39(33,34)38-27)20(36-23)16-35-40(9,10)25(3,4)5/h15,17,20-21,23H,13-14,16,28H2,1-12H3/t20-,21+,23-,27-/m1/s1. The van der Waals surface area contributed by atoms with E-state index in [0.29, 0.717) is 12.0 Å². The van der Waals surface area contributed by atoms with Crippen LogP contribution in [0.3, 0.4) is 0 Å². The van der Waals surface area contributed by atoms with Crippen LogP contribution >= 0.6 is 0 Å². The molecule has 1 spiro atoms. The van der Waals surface area contributed by atoms with E-state index in [1.807, 2.05) is 20.0 Å². The average molecular weight is 632 g/mol. The first kappa shape index (κ1) is 33.9. The molecule has 2 aliphatic rings. The van der Waals surface area contributed by atoms with Crippen LogP contribution in [0.25, 0.3) is 0 Å². The lowest BCUT2D eigenvalue weighted by Crippen LogP contribution is -2.59. The van der Waals surface area contributed by atoms with E-state index in [4.69, 9.17) is 23.5 Å². The van der Waals surface area contributed by atoms with Gasteiger partial charge in [0, 0.05) is 18.3 Å². The molecule has 1 fully saturated rings.